The second-order valence-electron chi connectivity index (χ2n) is 6.72. The summed E-state index contributed by atoms with van der Waals surface area (Å²) >= 11 is 1.63. The Balaban J connectivity index is 1.77. The summed E-state index contributed by atoms with van der Waals surface area (Å²) in [6, 6.07) is 6.72. The number of carbonyl (C=O) groups is 1. The normalized spacial score (nSPS) is 11.2. The van der Waals surface area contributed by atoms with Gasteiger partial charge in [0.15, 0.2) is 17.2 Å². The number of nitroso groups, excluding NO2 is 1. The standard InChI is InChI=1S/C21H12F3NO4S2/c1-9-5-6-10(17(24)16(9)23)12-8-30-20(15(12)21(27)28)25(29)7-14-18(26)11-3-2-4-13(22)19(11)31-14/h2-6,8H,7H2,1H3,(H-,26,27,28)/p+1. The van der Waals surface area contributed by atoms with E-state index in [0.717, 1.165) is 22.7 Å². The molecule has 0 unspecified atom stereocenters. The van der Waals surface area contributed by atoms with Crippen LogP contribution in [-0.2, 0) is 6.54 Å². The topological polar surface area (TPSA) is 77.6 Å². The van der Waals surface area contributed by atoms with Crippen molar-refractivity contribution in [3.05, 3.63) is 74.1 Å². The molecule has 10 heteroatoms. The van der Waals surface area contributed by atoms with Crippen LogP contribution >= 0.6 is 22.7 Å². The first-order valence-electron chi connectivity index (χ1n) is 8.84. The van der Waals surface area contributed by atoms with Gasteiger partial charge in [-0.3, -0.25) is 0 Å². The molecule has 0 bridgehead atoms. The van der Waals surface area contributed by atoms with Gasteiger partial charge in [-0.2, -0.15) is 0 Å². The molecule has 0 saturated heterocycles. The lowest BCUT2D eigenvalue weighted by Gasteiger charge is -2.05. The van der Waals surface area contributed by atoms with Crippen molar-refractivity contribution >= 4 is 43.7 Å². The van der Waals surface area contributed by atoms with Crippen LogP contribution in [0, 0.1) is 29.3 Å². The minimum Gasteiger partial charge on any atom is -0.506 e. The molecule has 2 aromatic heterocycles. The first-order valence-corrected chi connectivity index (χ1v) is 10.5. The fraction of sp³-hybridized carbons (Fsp3) is 0.0952. The van der Waals surface area contributed by atoms with Crippen molar-refractivity contribution in [2.24, 2.45) is 0 Å². The number of aryl methyl sites for hydroxylation is 1. The van der Waals surface area contributed by atoms with Crippen molar-refractivity contribution in [3.63, 3.8) is 0 Å². The van der Waals surface area contributed by atoms with Gasteiger partial charge in [0.2, 0.25) is 6.54 Å². The number of carboxylic acids is 1. The van der Waals surface area contributed by atoms with Crippen molar-refractivity contribution in [1.29, 1.82) is 0 Å². The third-order valence-corrected chi connectivity index (χ3v) is 6.95. The van der Waals surface area contributed by atoms with E-state index >= 15 is 0 Å². The number of hydrogen-bond acceptors (Lipinski definition) is 5. The largest absolute Gasteiger partial charge is 0.506 e. The number of rotatable bonds is 5. The van der Waals surface area contributed by atoms with E-state index < -0.39 is 35.5 Å². The molecule has 2 aromatic carbocycles. The number of carboxylic acid groups (broad SMARTS) is 1. The quantitative estimate of drug-likeness (QED) is 0.337. The molecule has 5 nitrogen and oxygen atoms in total. The minimum atomic E-state index is -1.49. The zero-order valence-corrected chi connectivity index (χ0v) is 17.4. The molecule has 31 heavy (non-hydrogen) atoms. The van der Waals surface area contributed by atoms with E-state index in [1.807, 2.05) is 0 Å². The van der Waals surface area contributed by atoms with E-state index in [-0.39, 0.29) is 42.4 Å². The number of nitrogens with zero attached hydrogens (tertiary/aromatic N) is 1. The van der Waals surface area contributed by atoms with Crippen LogP contribution in [-0.4, -0.2) is 20.9 Å². The van der Waals surface area contributed by atoms with Crippen LogP contribution < -0.4 is 0 Å². The lowest BCUT2D eigenvalue weighted by Crippen LogP contribution is -2.06. The summed E-state index contributed by atoms with van der Waals surface area (Å²) in [5.41, 5.74) is -0.819. The minimum absolute atomic E-state index is 0.0616. The van der Waals surface area contributed by atoms with Gasteiger partial charge in [-0.15, -0.1) is 11.3 Å². The zero-order valence-electron chi connectivity index (χ0n) is 15.8. The van der Waals surface area contributed by atoms with E-state index in [1.54, 1.807) is 0 Å². The number of thiophene rings is 2. The highest BCUT2D eigenvalue weighted by Crippen LogP contribution is 2.42. The van der Waals surface area contributed by atoms with Crippen molar-refractivity contribution in [1.82, 2.24) is 0 Å². The van der Waals surface area contributed by atoms with E-state index in [9.17, 15) is 33.1 Å². The number of hydrogen-bond donors (Lipinski definition) is 2. The van der Waals surface area contributed by atoms with Crippen LogP contribution in [0.15, 0.2) is 35.7 Å². The summed E-state index contributed by atoms with van der Waals surface area (Å²) in [7, 11) is 0. The molecule has 2 N–H and O–H groups in total. The van der Waals surface area contributed by atoms with Gasteiger partial charge in [0.05, 0.1) is 9.46 Å². The predicted octanol–water partition coefficient (Wildman–Crippen LogP) is 6.37. The Hall–Kier alpha value is -3.24. The Kier molecular flexibility index (Phi) is 5.28. The zero-order chi connectivity index (χ0) is 22.4. The van der Waals surface area contributed by atoms with E-state index in [4.69, 9.17) is 0 Å². The number of aromatic carboxylic acids is 1. The molecule has 0 fully saturated rings. The predicted molar refractivity (Wildman–Crippen MR) is 112 cm³/mol. The molecule has 0 atom stereocenters. The van der Waals surface area contributed by atoms with Crippen molar-refractivity contribution in [3.8, 4) is 16.9 Å². The van der Waals surface area contributed by atoms with Gasteiger partial charge in [0.25, 0.3) is 0 Å². The maximum absolute atomic E-state index is 14.4. The monoisotopic (exact) mass is 464 g/mol. The maximum atomic E-state index is 14.4. The van der Waals surface area contributed by atoms with Crippen LogP contribution in [0.1, 0.15) is 20.8 Å². The summed E-state index contributed by atoms with van der Waals surface area (Å²) in [5.74, 6) is -4.61. The number of benzene rings is 2. The summed E-state index contributed by atoms with van der Waals surface area (Å²) < 4.78 is 42.9. The molecule has 0 aliphatic carbocycles. The second kappa shape index (κ2) is 7.78. The molecule has 4 rings (SSSR count). The van der Waals surface area contributed by atoms with Gasteiger partial charge in [0.1, 0.15) is 16.4 Å². The molecule has 0 amide bonds. The molecule has 0 aliphatic heterocycles. The van der Waals surface area contributed by atoms with Gasteiger partial charge >= 0.3 is 11.0 Å². The lowest BCUT2D eigenvalue weighted by molar-refractivity contribution is -0.475. The lowest BCUT2D eigenvalue weighted by atomic mass is 10.0. The summed E-state index contributed by atoms with van der Waals surface area (Å²) in [6.45, 7) is 0.925. The molecular weight excluding hydrogens is 451 g/mol. The van der Waals surface area contributed by atoms with E-state index in [1.165, 1.54) is 42.6 Å². The summed E-state index contributed by atoms with van der Waals surface area (Å²) in [4.78, 5) is 24.8. The second-order valence-corrected chi connectivity index (χ2v) is 8.68. The Morgan fingerprint density at radius 1 is 1.10 bits per heavy atom. The molecule has 0 spiro atoms. The highest BCUT2D eigenvalue weighted by Gasteiger charge is 2.33. The Bertz CT molecular complexity index is 1380. The van der Waals surface area contributed by atoms with Crippen LogP contribution in [0.3, 0.4) is 0 Å². The third kappa shape index (κ3) is 3.47. The SMILES string of the molecule is Cc1ccc(-c2csc([N+](=O)Cc3sc4c(F)cccc4c3O)c2C(=O)O)c(F)c1F. The first kappa shape index (κ1) is 21.0. The smallest absolute Gasteiger partial charge is 0.344 e. The highest BCUT2D eigenvalue weighted by molar-refractivity contribution is 7.19. The van der Waals surface area contributed by atoms with Crippen LogP contribution in [0.2, 0.25) is 0 Å². The van der Waals surface area contributed by atoms with Gasteiger partial charge in [-0.05, 0) is 24.6 Å². The average molecular weight is 464 g/mol. The average Bonchev–Trinajstić information content (AvgIpc) is 3.30. The van der Waals surface area contributed by atoms with E-state index in [2.05, 4.69) is 0 Å². The maximum Gasteiger partial charge on any atom is 0.344 e. The van der Waals surface area contributed by atoms with Crippen molar-refractivity contribution in [2.45, 2.75) is 13.5 Å². The van der Waals surface area contributed by atoms with Gasteiger partial charge in [-0.25, -0.2) is 18.0 Å². The fourth-order valence-electron chi connectivity index (χ4n) is 3.22. The van der Waals surface area contributed by atoms with E-state index in [0.29, 0.717) is 4.76 Å². The van der Waals surface area contributed by atoms with Crippen LogP contribution in [0.5, 0.6) is 5.75 Å². The Morgan fingerprint density at radius 3 is 2.52 bits per heavy atom. The molecule has 2 heterocycles. The fourth-order valence-corrected chi connectivity index (χ4v) is 5.27. The van der Waals surface area contributed by atoms with Gasteiger partial charge < -0.3 is 10.2 Å². The molecule has 4 aromatic rings. The first-order chi connectivity index (χ1) is 14.7. The molecular formula is C21H13F3NO4S2+. The molecule has 0 radical (unpaired) electrons. The molecule has 0 aliphatic rings. The highest BCUT2D eigenvalue weighted by atomic mass is 32.1. The Labute approximate surface area is 181 Å². The summed E-state index contributed by atoms with van der Waals surface area (Å²) in [5, 5.41) is 21.3. The van der Waals surface area contributed by atoms with Gasteiger partial charge in [0, 0.05) is 26.8 Å². The third-order valence-electron chi connectivity index (χ3n) is 4.78. The van der Waals surface area contributed by atoms with Crippen LogP contribution in [0.4, 0.5) is 18.2 Å². The summed E-state index contributed by atoms with van der Waals surface area (Å²) in [6.07, 6.45) is 0. The molecule has 158 valence electrons. The number of aromatic hydroxyl groups is 1. The number of fused-ring (bicyclic) bond motifs is 1. The van der Waals surface area contributed by atoms with Crippen LogP contribution in [0.25, 0.3) is 21.2 Å². The van der Waals surface area contributed by atoms with Crippen molar-refractivity contribution in [2.75, 3.05) is 0 Å². The van der Waals surface area contributed by atoms with Gasteiger partial charge in [-0.1, -0.05) is 29.5 Å². The molecule has 0 saturated carbocycles. The Morgan fingerprint density at radius 2 is 1.84 bits per heavy atom. The number of halogens is 3. The van der Waals surface area contributed by atoms with Crippen molar-refractivity contribution < 1.29 is 32.9 Å².